The van der Waals surface area contributed by atoms with Crippen molar-refractivity contribution in [2.45, 2.75) is 32.8 Å². The number of carboxylic acids is 1. The van der Waals surface area contributed by atoms with Gasteiger partial charge >= 0.3 is 5.97 Å². The Morgan fingerprint density at radius 1 is 1.10 bits per heavy atom. The zero-order chi connectivity index (χ0) is 21.1. The number of carbonyl (C=O) groups excluding carboxylic acids is 1. The van der Waals surface area contributed by atoms with Gasteiger partial charge in [-0.3, -0.25) is 14.9 Å². The van der Waals surface area contributed by atoms with Crippen LogP contribution in [0.5, 0.6) is 5.75 Å². The molecule has 0 bridgehead atoms. The Morgan fingerprint density at radius 3 is 2.38 bits per heavy atom. The highest BCUT2D eigenvalue weighted by Crippen LogP contribution is 2.25. The molecule has 1 saturated heterocycles. The van der Waals surface area contributed by atoms with Gasteiger partial charge in [0, 0.05) is 43.6 Å². The molecule has 8 nitrogen and oxygen atoms in total. The highest BCUT2D eigenvalue weighted by Gasteiger charge is 2.27. The van der Waals surface area contributed by atoms with E-state index in [0.29, 0.717) is 25.9 Å². The van der Waals surface area contributed by atoms with Gasteiger partial charge in [-0.15, -0.1) is 0 Å². The number of likely N-dealkylation sites (tertiary alicyclic amines) is 1. The van der Waals surface area contributed by atoms with E-state index in [-0.39, 0.29) is 17.2 Å². The van der Waals surface area contributed by atoms with Crippen LogP contribution in [0.1, 0.15) is 44.7 Å². The minimum Gasteiger partial charge on any atom is -0.490 e. The zero-order valence-electron chi connectivity index (χ0n) is 16.3. The van der Waals surface area contributed by atoms with Gasteiger partial charge in [-0.05, 0) is 37.1 Å². The number of nitrogens with zero attached hydrogens (tertiary/aromatic N) is 2. The van der Waals surface area contributed by atoms with Crippen molar-refractivity contribution in [2.75, 3.05) is 13.1 Å². The van der Waals surface area contributed by atoms with E-state index >= 15 is 0 Å². The maximum Gasteiger partial charge on any atom is 0.335 e. The molecule has 1 aliphatic heterocycles. The molecule has 1 aliphatic rings. The standard InChI is InChI=1S/C21H22N2O6/c1-13-3-4-14(2)19(9-13)29-18-5-7-22(8-6-18)20(24)15-10-16(21(25)26)12-17(11-15)23(27)28/h3-4,9-12,18H,5-8H2,1-2H3,(H,25,26). The van der Waals surface area contributed by atoms with Gasteiger partial charge in [0.1, 0.15) is 11.9 Å². The topological polar surface area (TPSA) is 110 Å². The molecule has 0 radical (unpaired) electrons. The SMILES string of the molecule is Cc1ccc(C)c(OC2CCN(C(=O)c3cc(C(=O)O)cc([N+](=O)[O-])c3)CC2)c1. The molecule has 0 atom stereocenters. The lowest BCUT2D eigenvalue weighted by molar-refractivity contribution is -0.384. The first-order valence-electron chi connectivity index (χ1n) is 9.30. The second-order valence-corrected chi connectivity index (χ2v) is 7.21. The van der Waals surface area contributed by atoms with E-state index in [9.17, 15) is 19.7 Å². The number of piperidine rings is 1. The number of rotatable bonds is 5. The molecule has 29 heavy (non-hydrogen) atoms. The van der Waals surface area contributed by atoms with Gasteiger partial charge in [-0.2, -0.15) is 0 Å². The van der Waals surface area contributed by atoms with Crippen LogP contribution in [0, 0.1) is 24.0 Å². The van der Waals surface area contributed by atoms with Crippen LogP contribution in [-0.4, -0.2) is 46.0 Å². The van der Waals surface area contributed by atoms with Crippen molar-refractivity contribution in [1.82, 2.24) is 4.90 Å². The van der Waals surface area contributed by atoms with Crippen LogP contribution < -0.4 is 4.74 Å². The van der Waals surface area contributed by atoms with E-state index in [0.717, 1.165) is 29.0 Å². The van der Waals surface area contributed by atoms with E-state index in [4.69, 9.17) is 9.84 Å². The van der Waals surface area contributed by atoms with Crippen LogP contribution >= 0.6 is 0 Å². The number of carboxylic acid groups (broad SMARTS) is 1. The maximum absolute atomic E-state index is 12.8. The lowest BCUT2D eigenvalue weighted by atomic mass is 10.0. The minimum absolute atomic E-state index is 0.00509. The average Bonchev–Trinajstić information content (AvgIpc) is 2.70. The summed E-state index contributed by atoms with van der Waals surface area (Å²) in [6, 6.07) is 9.26. The normalized spacial score (nSPS) is 14.5. The first kappa shape index (κ1) is 20.3. The average molecular weight is 398 g/mol. The fourth-order valence-electron chi connectivity index (χ4n) is 3.34. The van der Waals surface area contributed by atoms with E-state index in [1.807, 2.05) is 32.0 Å². The van der Waals surface area contributed by atoms with Gasteiger partial charge in [0.15, 0.2) is 0 Å². The molecule has 1 fully saturated rings. The molecule has 1 amide bonds. The lowest BCUT2D eigenvalue weighted by Crippen LogP contribution is -2.41. The van der Waals surface area contributed by atoms with Crippen LogP contribution in [0.3, 0.4) is 0 Å². The van der Waals surface area contributed by atoms with Crippen molar-refractivity contribution < 1.29 is 24.4 Å². The zero-order valence-corrected chi connectivity index (χ0v) is 16.3. The summed E-state index contributed by atoms with van der Waals surface area (Å²) in [4.78, 5) is 36.0. The van der Waals surface area contributed by atoms with Crippen molar-refractivity contribution in [3.63, 3.8) is 0 Å². The third kappa shape index (κ3) is 4.71. The quantitative estimate of drug-likeness (QED) is 0.609. The number of carbonyl (C=O) groups is 2. The Balaban J connectivity index is 1.69. The van der Waals surface area contributed by atoms with Crippen LogP contribution in [0.25, 0.3) is 0 Å². The van der Waals surface area contributed by atoms with Crippen molar-refractivity contribution >= 4 is 17.6 Å². The van der Waals surface area contributed by atoms with Crippen LogP contribution in [0.4, 0.5) is 5.69 Å². The number of nitro benzene ring substituents is 1. The van der Waals surface area contributed by atoms with Crippen molar-refractivity contribution in [3.8, 4) is 5.75 Å². The Kier molecular flexibility index (Phi) is 5.81. The third-order valence-corrected chi connectivity index (χ3v) is 4.99. The lowest BCUT2D eigenvalue weighted by Gasteiger charge is -2.32. The molecule has 2 aromatic carbocycles. The molecule has 8 heteroatoms. The number of ether oxygens (including phenoxy) is 1. The molecule has 3 rings (SSSR count). The van der Waals surface area contributed by atoms with E-state index in [1.54, 1.807) is 4.90 Å². The maximum atomic E-state index is 12.8. The Bertz CT molecular complexity index is 931. The molecule has 0 unspecified atom stereocenters. The first-order chi connectivity index (χ1) is 13.7. The number of benzene rings is 2. The molecular formula is C21H22N2O6. The highest BCUT2D eigenvalue weighted by atomic mass is 16.6. The number of nitro groups is 1. The second-order valence-electron chi connectivity index (χ2n) is 7.21. The van der Waals surface area contributed by atoms with Crippen LogP contribution in [-0.2, 0) is 0 Å². The van der Waals surface area contributed by atoms with Gasteiger partial charge in [-0.25, -0.2) is 4.79 Å². The minimum atomic E-state index is -1.32. The summed E-state index contributed by atoms with van der Waals surface area (Å²) in [5.41, 5.74) is 1.47. The van der Waals surface area contributed by atoms with Gasteiger partial charge in [0.2, 0.25) is 0 Å². The van der Waals surface area contributed by atoms with Crippen LogP contribution in [0.2, 0.25) is 0 Å². The smallest absolute Gasteiger partial charge is 0.335 e. The molecular weight excluding hydrogens is 376 g/mol. The Hall–Kier alpha value is -3.42. The number of aryl methyl sites for hydroxylation is 2. The molecule has 0 aromatic heterocycles. The third-order valence-electron chi connectivity index (χ3n) is 4.99. The van der Waals surface area contributed by atoms with Crippen molar-refractivity contribution in [3.05, 3.63) is 68.8 Å². The monoisotopic (exact) mass is 398 g/mol. The predicted octanol–water partition coefficient (Wildman–Crippen LogP) is 3.59. The summed E-state index contributed by atoms with van der Waals surface area (Å²) < 4.78 is 6.10. The molecule has 152 valence electrons. The number of aromatic carboxylic acids is 1. The van der Waals surface area contributed by atoms with E-state index in [1.165, 1.54) is 6.07 Å². The summed E-state index contributed by atoms with van der Waals surface area (Å²) in [6.07, 6.45) is 1.22. The number of non-ortho nitro benzene ring substituents is 1. The van der Waals surface area contributed by atoms with E-state index in [2.05, 4.69) is 0 Å². The number of hydrogen-bond donors (Lipinski definition) is 1. The molecule has 0 aliphatic carbocycles. The molecule has 0 saturated carbocycles. The Labute approximate surface area is 167 Å². The summed E-state index contributed by atoms with van der Waals surface area (Å²) >= 11 is 0. The van der Waals surface area contributed by atoms with Crippen molar-refractivity contribution in [1.29, 1.82) is 0 Å². The fourth-order valence-corrected chi connectivity index (χ4v) is 3.34. The molecule has 1 N–H and O–H groups in total. The predicted molar refractivity (Wildman–Crippen MR) is 106 cm³/mol. The number of hydrogen-bond acceptors (Lipinski definition) is 5. The molecule has 2 aromatic rings. The second kappa shape index (κ2) is 8.30. The molecule has 1 heterocycles. The van der Waals surface area contributed by atoms with E-state index < -0.39 is 22.5 Å². The van der Waals surface area contributed by atoms with Crippen molar-refractivity contribution in [2.24, 2.45) is 0 Å². The Morgan fingerprint density at radius 2 is 1.76 bits per heavy atom. The highest BCUT2D eigenvalue weighted by molar-refractivity contribution is 5.98. The summed E-state index contributed by atoms with van der Waals surface area (Å²) in [5.74, 6) is -0.899. The summed E-state index contributed by atoms with van der Waals surface area (Å²) in [7, 11) is 0. The summed E-state index contributed by atoms with van der Waals surface area (Å²) in [5, 5.41) is 20.2. The van der Waals surface area contributed by atoms with Crippen LogP contribution in [0.15, 0.2) is 36.4 Å². The van der Waals surface area contributed by atoms with Gasteiger partial charge in [0.05, 0.1) is 10.5 Å². The largest absolute Gasteiger partial charge is 0.490 e. The fraction of sp³-hybridized carbons (Fsp3) is 0.333. The molecule has 0 spiro atoms. The van der Waals surface area contributed by atoms with Gasteiger partial charge in [-0.1, -0.05) is 12.1 Å². The first-order valence-corrected chi connectivity index (χ1v) is 9.30. The van der Waals surface area contributed by atoms with Gasteiger partial charge in [0.25, 0.3) is 11.6 Å². The van der Waals surface area contributed by atoms with Gasteiger partial charge < -0.3 is 14.7 Å². The number of amides is 1. The summed E-state index contributed by atoms with van der Waals surface area (Å²) in [6.45, 7) is 4.84.